The average molecular weight is 258 g/mol. The first-order chi connectivity index (χ1) is 8.78. The number of pyridine rings is 1. The molecule has 0 saturated carbocycles. The highest BCUT2D eigenvalue weighted by Gasteiger charge is 1.97. The summed E-state index contributed by atoms with van der Waals surface area (Å²) in [6.45, 7) is 0.777. The number of rotatable bonds is 4. The van der Waals surface area contributed by atoms with E-state index in [1.54, 1.807) is 18.3 Å². The van der Waals surface area contributed by atoms with Crippen LogP contribution in [-0.4, -0.2) is 11.5 Å². The van der Waals surface area contributed by atoms with Crippen LogP contribution in [0.5, 0.6) is 0 Å². The van der Waals surface area contributed by atoms with E-state index in [1.165, 1.54) is 5.56 Å². The van der Waals surface area contributed by atoms with Gasteiger partial charge in [0.2, 0.25) is 0 Å². The monoisotopic (exact) mass is 257 g/mol. The van der Waals surface area contributed by atoms with E-state index in [-0.39, 0.29) is 0 Å². The minimum atomic E-state index is 0.565. The lowest BCUT2D eigenvalue weighted by atomic mass is 10.1. The number of hydrogen-bond donors (Lipinski definition) is 1. The summed E-state index contributed by atoms with van der Waals surface area (Å²) in [5.74, 6) is 0.774. The fourth-order valence-corrected chi connectivity index (χ4v) is 1.80. The lowest BCUT2D eigenvalue weighted by Crippen LogP contribution is -2.06. The zero-order chi connectivity index (χ0) is 12.8. The summed E-state index contributed by atoms with van der Waals surface area (Å²) in [5, 5.41) is 12.6. The number of nitrogens with one attached hydrogen (secondary N) is 1. The van der Waals surface area contributed by atoms with E-state index in [4.69, 9.17) is 16.9 Å². The van der Waals surface area contributed by atoms with Crippen LogP contribution in [0.15, 0.2) is 42.6 Å². The Hall–Kier alpha value is -2.05. The van der Waals surface area contributed by atoms with Crippen molar-refractivity contribution in [2.24, 2.45) is 0 Å². The van der Waals surface area contributed by atoms with Gasteiger partial charge in [0.25, 0.3) is 0 Å². The number of nitrogens with zero attached hydrogens (tertiary/aromatic N) is 2. The molecule has 0 atom stereocenters. The minimum absolute atomic E-state index is 0.565. The molecule has 2 aromatic rings. The molecule has 0 aliphatic heterocycles. The van der Waals surface area contributed by atoms with Crippen molar-refractivity contribution in [1.82, 2.24) is 4.98 Å². The van der Waals surface area contributed by atoms with E-state index in [0.29, 0.717) is 5.56 Å². The largest absolute Gasteiger partial charge is 0.370 e. The van der Waals surface area contributed by atoms with Gasteiger partial charge in [-0.1, -0.05) is 23.7 Å². The smallest absolute Gasteiger partial charge is 0.125 e. The maximum atomic E-state index is 8.66. The molecule has 1 aromatic carbocycles. The molecule has 0 bridgehead atoms. The molecule has 0 fully saturated rings. The summed E-state index contributed by atoms with van der Waals surface area (Å²) >= 11 is 5.91. The molecule has 2 rings (SSSR count). The minimum Gasteiger partial charge on any atom is -0.370 e. The highest BCUT2D eigenvalue weighted by Crippen LogP contribution is 2.11. The lowest BCUT2D eigenvalue weighted by molar-refractivity contribution is 1.01. The maximum absolute atomic E-state index is 8.66. The number of benzene rings is 1. The molecule has 3 nitrogen and oxygen atoms in total. The standard InChI is InChI=1S/C14H12ClN3/c15-13-3-1-2-11(8-13)6-7-17-14-5-4-12(9-16)10-18-14/h1-5,8,10H,6-7H2,(H,17,18). The number of aromatic nitrogens is 1. The Morgan fingerprint density at radius 2 is 2.17 bits per heavy atom. The van der Waals surface area contributed by atoms with Gasteiger partial charge in [0.05, 0.1) is 5.56 Å². The summed E-state index contributed by atoms with van der Waals surface area (Å²) < 4.78 is 0. The van der Waals surface area contributed by atoms with Crippen molar-refractivity contribution < 1.29 is 0 Å². The second-order valence-corrected chi connectivity index (χ2v) is 4.29. The predicted molar refractivity (Wildman–Crippen MR) is 72.6 cm³/mol. The highest BCUT2D eigenvalue weighted by molar-refractivity contribution is 6.30. The third kappa shape index (κ3) is 3.47. The number of nitriles is 1. The quantitative estimate of drug-likeness (QED) is 0.915. The van der Waals surface area contributed by atoms with Crippen molar-refractivity contribution in [3.8, 4) is 6.07 Å². The van der Waals surface area contributed by atoms with Crippen LogP contribution in [0.3, 0.4) is 0 Å². The van der Waals surface area contributed by atoms with Gasteiger partial charge >= 0.3 is 0 Å². The van der Waals surface area contributed by atoms with E-state index in [2.05, 4.69) is 10.3 Å². The number of anilines is 1. The van der Waals surface area contributed by atoms with Gasteiger partial charge < -0.3 is 5.32 Å². The summed E-state index contributed by atoms with van der Waals surface area (Å²) in [4.78, 5) is 4.14. The Bertz CT molecular complexity index is 558. The van der Waals surface area contributed by atoms with Crippen molar-refractivity contribution in [1.29, 1.82) is 5.26 Å². The Balaban J connectivity index is 1.86. The molecule has 0 radical (unpaired) electrons. The molecule has 1 N–H and O–H groups in total. The molecule has 1 aromatic heterocycles. The van der Waals surface area contributed by atoms with Crippen LogP contribution in [0.2, 0.25) is 5.02 Å². The van der Waals surface area contributed by atoms with E-state index in [9.17, 15) is 0 Å². The van der Waals surface area contributed by atoms with Gasteiger partial charge in [0, 0.05) is 17.8 Å². The van der Waals surface area contributed by atoms with Gasteiger partial charge in [0.1, 0.15) is 11.9 Å². The summed E-state index contributed by atoms with van der Waals surface area (Å²) in [6.07, 6.45) is 2.43. The van der Waals surface area contributed by atoms with Gasteiger partial charge in [-0.25, -0.2) is 4.98 Å². The SMILES string of the molecule is N#Cc1ccc(NCCc2cccc(Cl)c2)nc1. The Morgan fingerprint density at radius 3 is 2.83 bits per heavy atom. The molecule has 0 unspecified atom stereocenters. The van der Waals surface area contributed by atoms with Gasteiger partial charge in [-0.2, -0.15) is 5.26 Å². The molecule has 4 heteroatoms. The zero-order valence-corrected chi connectivity index (χ0v) is 10.5. The predicted octanol–water partition coefficient (Wildman–Crippen LogP) is 3.26. The van der Waals surface area contributed by atoms with Crippen LogP contribution in [0, 0.1) is 11.3 Å². The third-order valence-electron chi connectivity index (χ3n) is 2.50. The average Bonchev–Trinajstić information content (AvgIpc) is 2.40. The van der Waals surface area contributed by atoms with E-state index in [1.807, 2.05) is 30.3 Å². The third-order valence-corrected chi connectivity index (χ3v) is 2.74. The molecule has 0 aliphatic rings. The maximum Gasteiger partial charge on any atom is 0.125 e. The molecular weight excluding hydrogens is 246 g/mol. The fraction of sp³-hybridized carbons (Fsp3) is 0.143. The van der Waals surface area contributed by atoms with Gasteiger partial charge in [-0.15, -0.1) is 0 Å². The topological polar surface area (TPSA) is 48.7 Å². The summed E-state index contributed by atoms with van der Waals surface area (Å²) in [6, 6.07) is 13.4. The van der Waals surface area contributed by atoms with E-state index in [0.717, 1.165) is 23.8 Å². The first-order valence-corrected chi connectivity index (χ1v) is 6.00. The van der Waals surface area contributed by atoms with Gasteiger partial charge in [0.15, 0.2) is 0 Å². The lowest BCUT2D eigenvalue weighted by Gasteiger charge is -2.05. The van der Waals surface area contributed by atoms with E-state index < -0.39 is 0 Å². The van der Waals surface area contributed by atoms with Crippen LogP contribution in [0.25, 0.3) is 0 Å². The second-order valence-electron chi connectivity index (χ2n) is 3.85. The Kier molecular flexibility index (Phi) is 4.16. The fourth-order valence-electron chi connectivity index (χ4n) is 1.59. The summed E-state index contributed by atoms with van der Waals surface area (Å²) in [5.41, 5.74) is 1.75. The molecule has 0 amide bonds. The molecule has 1 heterocycles. The van der Waals surface area contributed by atoms with Crippen LogP contribution >= 0.6 is 11.6 Å². The molecular formula is C14H12ClN3. The van der Waals surface area contributed by atoms with Crippen LogP contribution in [0.1, 0.15) is 11.1 Å². The molecule has 0 saturated heterocycles. The van der Waals surface area contributed by atoms with Crippen molar-refractivity contribution in [3.05, 3.63) is 58.7 Å². The molecule has 18 heavy (non-hydrogen) atoms. The first kappa shape index (κ1) is 12.4. The first-order valence-electron chi connectivity index (χ1n) is 5.62. The zero-order valence-electron chi connectivity index (χ0n) is 9.73. The van der Waals surface area contributed by atoms with Crippen molar-refractivity contribution in [3.63, 3.8) is 0 Å². The molecule has 0 spiro atoms. The number of hydrogen-bond acceptors (Lipinski definition) is 3. The van der Waals surface area contributed by atoms with Crippen molar-refractivity contribution >= 4 is 17.4 Å². The van der Waals surface area contributed by atoms with Gasteiger partial charge in [-0.05, 0) is 36.2 Å². The van der Waals surface area contributed by atoms with Gasteiger partial charge in [-0.3, -0.25) is 0 Å². The Labute approximate surface area is 111 Å². The molecule has 90 valence electrons. The van der Waals surface area contributed by atoms with Crippen molar-refractivity contribution in [2.45, 2.75) is 6.42 Å². The normalized spacial score (nSPS) is 9.78. The summed E-state index contributed by atoms with van der Waals surface area (Å²) in [7, 11) is 0. The van der Waals surface area contributed by atoms with Crippen LogP contribution < -0.4 is 5.32 Å². The van der Waals surface area contributed by atoms with E-state index >= 15 is 0 Å². The number of halogens is 1. The van der Waals surface area contributed by atoms with Crippen LogP contribution in [0.4, 0.5) is 5.82 Å². The highest BCUT2D eigenvalue weighted by atomic mass is 35.5. The van der Waals surface area contributed by atoms with Crippen LogP contribution in [-0.2, 0) is 6.42 Å². The van der Waals surface area contributed by atoms with Crippen molar-refractivity contribution in [2.75, 3.05) is 11.9 Å². The molecule has 0 aliphatic carbocycles. The second kappa shape index (κ2) is 6.04. The Morgan fingerprint density at radius 1 is 1.28 bits per heavy atom.